The maximum Gasteiger partial charge on any atom is 0.177 e. The number of furan rings is 1. The van der Waals surface area contributed by atoms with Gasteiger partial charge in [0.25, 0.3) is 0 Å². The number of aromatic nitrogens is 1. The smallest absolute Gasteiger partial charge is 0.177 e. The fraction of sp³-hybridized carbons (Fsp3) is 0.429. The maximum absolute atomic E-state index is 7.11. The molecule has 3 rings (SSSR count). The quantitative estimate of drug-likeness (QED) is 0.744. The second kappa shape index (κ2) is 5.50. The highest BCUT2D eigenvalue weighted by molar-refractivity contribution is 5.92. The average Bonchev–Trinajstić information content (AvgIpc) is 2.93. The fourth-order valence-corrected chi connectivity index (χ4v) is 2.52. The van der Waals surface area contributed by atoms with Gasteiger partial charge in [-0.05, 0) is 19.1 Å². The average molecular weight is 274 g/mol. The molecule has 0 aliphatic carbocycles. The van der Waals surface area contributed by atoms with Crippen molar-refractivity contribution in [1.82, 2.24) is 4.98 Å². The lowest BCUT2D eigenvalue weighted by atomic mass is 10.0. The van der Waals surface area contributed by atoms with Gasteiger partial charge in [-0.1, -0.05) is 0 Å². The van der Waals surface area contributed by atoms with Crippen LogP contribution in [0.3, 0.4) is 0 Å². The van der Waals surface area contributed by atoms with Crippen LogP contribution >= 0.6 is 0 Å². The van der Waals surface area contributed by atoms with E-state index in [-0.39, 0.29) is 12.1 Å². The number of nitrogens with two attached hydrogens (primary N) is 1. The number of nitrogen functional groups attached to an aromatic ring is 1. The molecule has 0 unspecified atom stereocenters. The molecule has 1 aliphatic rings. The van der Waals surface area contributed by atoms with Crippen LogP contribution in [0.25, 0.3) is 11.1 Å². The van der Waals surface area contributed by atoms with Gasteiger partial charge in [-0.15, -0.1) is 0 Å². The molecule has 0 radical (unpaired) electrons. The molecule has 0 spiro atoms. The van der Waals surface area contributed by atoms with Crippen LogP contribution in [0.4, 0.5) is 11.4 Å². The number of nitrogens with one attached hydrogen (secondary N) is 2. The van der Waals surface area contributed by atoms with E-state index in [1.807, 2.05) is 6.07 Å². The Morgan fingerprint density at radius 1 is 1.50 bits per heavy atom. The summed E-state index contributed by atoms with van der Waals surface area (Å²) in [7, 11) is 0. The highest BCUT2D eigenvalue weighted by Gasteiger charge is 2.22. The Morgan fingerprint density at radius 2 is 2.40 bits per heavy atom. The summed E-state index contributed by atoms with van der Waals surface area (Å²) in [6.07, 6.45) is 7.45. The second-order valence-electron chi connectivity index (χ2n) is 5.04. The Kier molecular flexibility index (Phi) is 3.56. The van der Waals surface area contributed by atoms with Gasteiger partial charge in [0.05, 0.1) is 30.9 Å². The first-order valence-electron chi connectivity index (χ1n) is 6.76. The van der Waals surface area contributed by atoms with Crippen LogP contribution in [0.1, 0.15) is 19.3 Å². The molecule has 6 heteroatoms. The van der Waals surface area contributed by atoms with Gasteiger partial charge in [0.15, 0.2) is 5.58 Å². The number of rotatable bonds is 4. The molecular formula is C14H18N4O2. The van der Waals surface area contributed by atoms with E-state index >= 15 is 0 Å². The molecule has 0 amide bonds. The van der Waals surface area contributed by atoms with Gasteiger partial charge in [0.2, 0.25) is 0 Å². The summed E-state index contributed by atoms with van der Waals surface area (Å²) in [4.78, 5) is 4.22. The van der Waals surface area contributed by atoms with Crippen molar-refractivity contribution in [3.8, 4) is 0 Å². The molecule has 0 aromatic carbocycles. The molecule has 4 N–H and O–H groups in total. The maximum atomic E-state index is 7.11. The second-order valence-corrected chi connectivity index (χ2v) is 5.04. The van der Waals surface area contributed by atoms with Gasteiger partial charge >= 0.3 is 0 Å². The SMILES string of the molecule is N=CC[C@H]1CC[C@H](Nc2c(N)cnc3ccoc23)CO1. The van der Waals surface area contributed by atoms with Crippen molar-refractivity contribution >= 4 is 28.7 Å². The van der Waals surface area contributed by atoms with Crippen molar-refractivity contribution in [1.29, 1.82) is 5.41 Å². The Bertz CT molecular complexity index is 602. The standard InChI is InChI=1S/C14H18N4O2/c15-5-3-10-2-1-9(8-20-10)18-13-11(16)7-17-12-4-6-19-14(12)13/h4-7,9-10,15H,1-3,8,16H2,(H,17,18)/t9-,10+/m0/s1. The lowest BCUT2D eigenvalue weighted by molar-refractivity contribution is 0.0148. The van der Waals surface area contributed by atoms with E-state index in [9.17, 15) is 0 Å². The summed E-state index contributed by atoms with van der Waals surface area (Å²) in [5.41, 5.74) is 8.83. The minimum absolute atomic E-state index is 0.170. The number of hydrogen-bond acceptors (Lipinski definition) is 6. The summed E-state index contributed by atoms with van der Waals surface area (Å²) in [6, 6.07) is 2.02. The molecule has 0 saturated carbocycles. The zero-order valence-corrected chi connectivity index (χ0v) is 11.1. The van der Waals surface area contributed by atoms with E-state index in [1.165, 1.54) is 6.21 Å². The molecule has 2 aromatic rings. The monoisotopic (exact) mass is 274 g/mol. The van der Waals surface area contributed by atoms with Gasteiger partial charge in [0.1, 0.15) is 11.2 Å². The van der Waals surface area contributed by atoms with Crippen LogP contribution in [0.15, 0.2) is 22.9 Å². The van der Waals surface area contributed by atoms with Crippen molar-refractivity contribution in [3.05, 3.63) is 18.5 Å². The first-order valence-corrected chi connectivity index (χ1v) is 6.76. The highest BCUT2D eigenvalue weighted by atomic mass is 16.5. The third-order valence-corrected chi connectivity index (χ3v) is 3.60. The predicted octanol–water partition coefficient (Wildman–Crippen LogP) is 2.41. The molecule has 0 bridgehead atoms. The normalized spacial score (nSPS) is 22.8. The van der Waals surface area contributed by atoms with E-state index in [4.69, 9.17) is 20.3 Å². The third-order valence-electron chi connectivity index (χ3n) is 3.60. The first kappa shape index (κ1) is 12.9. The van der Waals surface area contributed by atoms with Crippen molar-refractivity contribution in [2.24, 2.45) is 0 Å². The van der Waals surface area contributed by atoms with Crippen LogP contribution in [0.5, 0.6) is 0 Å². The molecule has 2 atom stereocenters. The zero-order valence-electron chi connectivity index (χ0n) is 11.1. The molecule has 6 nitrogen and oxygen atoms in total. The summed E-state index contributed by atoms with van der Waals surface area (Å²) < 4.78 is 11.2. The summed E-state index contributed by atoms with van der Waals surface area (Å²) >= 11 is 0. The van der Waals surface area contributed by atoms with E-state index in [2.05, 4.69) is 10.3 Å². The number of fused-ring (bicyclic) bond motifs is 1. The number of hydrogen-bond donors (Lipinski definition) is 3. The van der Waals surface area contributed by atoms with E-state index in [0.717, 1.165) is 24.0 Å². The molecule has 1 aliphatic heterocycles. The first-order chi connectivity index (χ1) is 9.78. The Morgan fingerprint density at radius 3 is 3.15 bits per heavy atom. The number of anilines is 2. The summed E-state index contributed by atoms with van der Waals surface area (Å²) in [6.45, 7) is 0.614. The Balaban J connectivity index is 1.72. The van der Waals surface area contributed by atoms with E-state index in [1.54, 1.807) is 12.5 Å². The molecule has 1 fully saturated rings. The number of pyridine rings is 1. The summed E-state index contributed by atoms with van der Waals surface area (Å²) in [5, 5.41) is 10.5. The predicted molar refractivity (Wildman–Crippen MR) is 78.2 cm³/mol. The van der Waals surface area contributed by atoms with Crippen LogP contribution in [0, 0.1) is 5.41 Å². The van der Waals surface area contributed by atoms with E-state index in [0.29, 0.717) is 24.3 Å². The lowest BCUT2D eigenvalue weighted by Crippen LogP contribution is -2.35. The molecule has 2 aromatic heterocycles. The van der Waals surface area contributed by atoms with Gasteiger partial charge in [-0.3, -0.25) is 4.98 Å². The van der Waals surface area contributed by atoms with E-state index < -0.39 is 0 Å². The van der Waals surface area contributed by atoms with Gasteiger partial charge in [0, 0.05) is 18.5 Å². The van der Waals surface area contributed by atoms with Crippen LogP contribution in [0.2, 0.25) is 0 Å². The van der Waals surface area contributed by atoms with Crippen molar-refractivity contribution < 1.29 is 9.15 Å². The molecule has 1 saturated heterocycles. The van der Waals surface area contributed by atoms with Crippen LogP contribution in [-0.4, -0.2) is 30.0 Å². The van der Waals surface area contributed by atoms with Crippen molar-refractivity contribution in [2.45, 2.75) is 31.4 Å². The van der Waals surface area contributed by atoms with Gasteiger partial charge < -0.3 is 25.6 Å². The molecule has 20 heavy (non-hydrogen) atoms. The Labute approximate surface area is 116 Å². The topological polar surface area (TPSA) is 97.2 Å². The molecular weight excluding hydrogens is 256 g/mol. The number of nitrogens with zero attached hydrogens (tertiary/aromatic N) is 1. The van der Waals surface area contributed by atoms with Crippen molar-refractivity contribution in [2.75, 3.05) is 17.7 Å². The minimum Gasteiger partial charge on any atom is -0.460 e. The largest absolute Gasteiger partial charge is 0.460 e. The molecule has 3 heterocycles. The van der Waals surface area contributed by atoms with Crippen LogP contribution in [-0.2, 0) is 4.74 Å². The van der Waals surface area contributed by atoms with Gasteiger partial charge in [-0.25, -0.2) is 0 Å². The Hall–Kier alpha value is -2.08. The summed E-state index contributed by atoms with van der Waals surface area (Å²) in [5.74, 6) is 0. The number of ether oxygens (including phenoxy) is 1. The minimum atomic E-state index is 0.170. The van der Waals surface area contributed by atoms with Crippen molar-refractivity contribution in [3.63, 3.8) is 0 Å². The van der Waals surface area contributed by atoms with Gasteiger partial charge in [-0.2, -0.15) is 0 Å². The zero-order chi connectivity index (χ0) is 13.9. The van der Waals surface area contributed by atoms with Crippen LogP contribution < -0.4 is 11.1 Å². The third kappa shape index (κ3) is 2.46. The highest BCUT2D eigenvalue weighted by Crippen LogP contribution is 2.30. The lowest BCUT2D eigenvalue weighted by Gasteiger charge is -2.29. The fourth-order valence-electron chi connectivity index (χ4n) is 2.52. The molecule has 106 valence electrons.